The Balaban J connectivity index is 2.07. The van der Waals surface area contributed by atoms with Gasteiger partial charge in [-0.15, -0.1) is 0 Å². The molecule has 1 heterocycles. The molecule has 14 heteroatoms. The van der Waals surface area contributed by atoms with E-state index in [0.29, 0.717) is 22.8 Å². The largest absolute Gasteiger partial charge is 0.504 e. The Morgan fingerprint density at radius 1 is 0.919 bits per heavy atom. The molecule has 4 aromatic rings. The van der Waals surface area contributed by atoms with Crippen molar-refractivity contribution < 1.29 is 24.4 Å². The molecule has 0 amide bonds. The lowest BCUT2D eigenvalue weighted by Crippen LogP contribution is -2.27. The van der Waals surface area contributed by atoms with Crippen molar-refractivity contribution in [3.8, 4) is 5.69 Å². The van der Waals surface area contributed by atoms with Crippen LogP contribution in [0.2, 0.25) is 5.02 Å². The lowest BCUT2D eigenvalue weighted by molar-refractivity contribution is -0.596. The number of non-ortho nitro benzene ring substituents is 1. The van der Waals surface area contributed by atoms with E-state index in [9.17, 15) is 35.4 Å². The number of aryl methyl sites for hydroxylation is 1. The van der Waals surface area contributed by atoms with Crippen LogP contribution < -0.4 is 4.57 Å². The third kappa shape index (κ3) is 4.97. The summed E-state index contributed by atoms with van der Waals surface area (Å²) < 4.78 is 2.54. The van der Waals surface area contributed by atoms with Crippen LogP contribution in [-0.4, -0.2) is 29.7 Å². The van der Waals surface area contributed by atoms with Crippen molar-refractivity contribution in [2.75, 3.05) is 0 Å². The van der Waals surface area contributed by atoms with Gasteiger partial charge in [0.05, 0.1) is 26.9 Å². The van der Waals surface area contributed by atoms with Gasteiger partial charge >= 0.3 is 0 Å². The normalized spacial score (nSPS) is 11.6. The van der Waals surface area contributed by atoms with E-state index in [-0.39, 0.29) is 5.56 Å². The molecular formula is C23H16ClN6O7+. The Bertz CT molecular complexity index is 1550. The monoisotopic (exact) mass is 523 g/mol. The first kappa shape index (κ1) is 24.9. The first-order valence-electron chi connectivity index (χ1n) is 10.4. The molecule has 37 heavy (non-hydrogen) atoms. The van der Waals surface area contributed by atoms with Crippen LogP contribution in [0.3, 0.4) is 0 Å². The minimum atomic E-state index is -0.998. The molecule has 0 spiro atoms. The fraction of sp³-hybridized carbons (Fsp3) is 0.0435. The fourth-order valence-electron chi connectivity index (χ4n) is 3.57. The van der Waals surface area contributed by atoms with Gasteiger partial charge in [-0.1, -0.05) is 34.0 Å². The van der Waals surface area contributed by atoms with Crippen molar-refractivity contribution >= 4 is 40.1 Å². The van der Waals surface area contributed by atoms with E-state index in [2.05, 4.69) is 5.10 Å². The van der Waals surface area contributed by atoms with E-state index >= 15 is 0 Å². The predicted octanol–water partition coefficient (Wildman–Crippen LogP) is 4.78. The average molecular weight is 524 g/mol. The second kappa shape index (κ2) is 9.83. The Kier molecular flexibility index (Phi) is 6.63. The highest BCUT2D eigenvalue weighted by atomic mass is 35.5. The van der Waals surface area contributed by atoms with Gasteiger partial charge in [0.15, 0.2) is 11.3 Å². The third-order valence-electron chi connectivity index (χ3n) is 5.36. The number of nitro benzene ring substituents is 3. The highest BCUT2D eigenvalue weighted by molar-refractivity contribution is 6.30. The van der Waals surface area contributed by atoms with Crippen molar-refractivity contribution in [1.29, 1.82) is 0 Å². The van der Waals surface area contributed by atoms with Crippen LogP contribution in [0.4, 0.5) is 17.1 Å². The van der Waals surface area contributed by atoms with Gasteiger partial charge in [-0.25, -0.2) is 4.57 Å². The highest BCUT2D eigenvalue weighted by Crippen LogP contribution is 2.41. The minimum absolute atomic E-state index is 0.110. The van der Waals surface area contributed by atoms with Gasteiger partial charge in [0.2, 0.25) is 12.0 Å². The van der Waals surface area contributed by atoms with Gasteiger partial charge in [-0.2, -0.15) is 0 Å². The zero-order valence-electron chi connectivity index (χ0n) is 18.9. The smallest absolute Gasteiger partial charge is 0.294 e. The molecule has 0 saturated carbocycles. The predicted molar refractivity (Wildman–Crippen MR) is 131 cm³/mol. The first-order chi connectivity index (χ1) is 17.6. The van der Waals surface area contributed by atoms with E-state index < -0.39 is 48.9 Å². The number of nitrogens with zero attached hydrogens (tertiary/aromatic N) is 6. The topological polar surface area (TPSA) is 171 Å². The van der Waals surface area contributed by atoms with Gasteiger partial charge in [0.1, 0.15) is 5.69 Å². The van der Waals surface area contributed by atoms with Crippen molar-refractivity contribution in [2.24, 2.45) is 0 Å². The second-order valence-electron chi connectivity index (χ2n) is 7.77. The van der Waals surface area contributed by atoms with Crippen molar-refractivity contribution in [3.63, 3.8) is 0 Å². The zero-order chi connectivity index (χ0) is 26.9. The molecule has 3 aromatic carbocycles. The number of hydrogen-bond acceptors (Lipinski definition) is 8. The van der Waals surface area contributed by atoms with Crippen LogP contribution in [0.1, 0.15) is 16.7 Å². The quantitative estimate of drug-likeness (QED) is 0.118. The van der Waals surface area contributed by atoms with Crippen molar-refractivity contribution in [3.05, 3.63) is 125 Å². The maximum atomic E-state index is 12.0. The maximum Gasteiger partial charge on any atom is 0.294 e. The van der Waals surface area contributed by atoms with Gasteiger partial charge in [0.25, 0.3) is 23.4 Å². The van der Waals surface area contributed by atoms with Gasteiger partial charge in [0, 0.05) is 15.7 Å². The number of halogens is 1. The Morgan fingerprint density at radius 3 is 2.00 bits per heavy atom. The second-order valence-corrected chi connectivity index (χ2v) is 8.20. The molecule has 0 aliphatic carbocycles. The number of aliphatic hydroxyl groups is 1. The summed E-state index contributed by atoms with van der Waals surface area (Å²) in [4.78, 5) is 32.3. The molecule has 4 rings (SSSR count). The number of aromatic nitrogens is 3. The number of nitro groups is 3. The molecule has 13 nitrogen and oxygen atoms in total. The van der Waals surface area contributed by atoms with Crippen LogP contribution in [0.25, 0.3) is 17.1 Å². The molecule has 0 atom stereocenters. The van der Waals surface area contributed by atoms with Crippen molar-refractivity contribution in [1.82, 2.24) is 9.78 Å². The van der Waals surface area contributed by atoms with Crippen LogP contribution in [-0.2, 0) is 0 Å². The molecular weight excluding hydrogens is 508 g/mol. The molecule has 1 aromatic heterocycles. The van der Waals surface area contributed by atoms with E-state index in [1.54, 1.807) is 12.1 Å². The zero-order valence-corrected chi connectivity index (χ0v) is 19.6. The van der Waals surface area contributed by atoms with Crippen LogP contribution in [0.5, 0.6) is 0 Å². The summed E-state index contributed by atoms with van der Waals surface area (Å²) in [6.07, 6.45) is 2.68. The summed E-state index contributed by atoms with van der Waals surface area (Å²) in [5.74, 6) is -0.615. The summed E-state index contributed by atoms with van der Waals surface area (Å²) >= 11 is 5.93. The summed E-state index contributed by atoms with van der Waals surface area (Å²) in [5, 5.41) is 51.1. The molecule has 0 aliphatic heterocycles. The van der Waals surface area contributed by atoms with E-state index in [1.165, 1.54) is 41.5 Å². The minimum Gasteiger partial charge on any atom is -0.504 e. The lowest BCUT2D eigenvalue weighted by Gasteiger charge is -2.09. The van der Waals surface area contributed by atoms with E-state index in [0.717, 1.165) is 10.2 Å². The summed E-state index contributed by atoms with van der Waals surface area (Å²) in [6.45, 7) is 1.90. The summed E-state index contributed by atoms with van der Waals surface area (Å²) in [6, 6.07) is 14.1. The molecule has 0 unspecified atom stereocenters. The Hall–Kier alpha value is -5.17. The standard InChI is InChI=1S/C23H15ClN6O7/c1-14-2-8-17(9-3-14)26-12-25-27(13-26)22(23(31)15-4-6-16(24)7-5-15)21-19(29(34)35)10-18(28(32)33)11-20(21)30(36)37/h2-13H,1H3/p+1/b23-22+. The number of rotatable bonds is 7. The fourth-order valence-corrected chi connectivity index (χ4v) is 3.70. The van der Waals surface area contributed by atoms with Gasteiger partial charge in [-0.05, 0) is 43.3 Å². The Morgan fingerprint density at radius 2 is 1.49 bits per heavy atom. The van der Waals surface area contributed by atoms with Crippen LogP contribution in [0.15, 0.2) is 73.3 Å². The molecule has 0 fully saturated rings. The highest BCUT2D eigenvalue weighted by Gasteiger charge is 2.38. The molecule has 0 saturated heterocycles. The molecule has 1 N–H and O–H groups in total. The third-order valence-corrected chi connectivity index (χ3v) is 5.61. The van der Waals surface area contributed by atoms with Crippen LogP contribution >= 0.6 is 11.6 Å². The maximum absolute atomic E-state index is 12.0. The van der Waals surface area contributed by atoms with E-state index in [1.807, 2.05) is 19.1 Å². The van der Waals surface area contributed by atoms with Crippen molar-refractivity contribution in [2.45, 2.75) is 6.92 Å². The molecule has 0 aliphatic rings. The molecule has 186 valence electrons. The SMILES string of the molecule is Cc1ccc(-[n+]2cnn(/C(=C(/O)c3ccc(Cl)cc3)c3c([N+](=O)[O-])cc([N+](=O)[O-])cc3[N+](=O)[O-])c2)cc1. The summed E-state index contributed by atoms with van der Waals surface area (Å²) in [5.41, 5.74) is -2.15. The molecule has 0 radical (unpaired) electrons. The number of benzene rings is 3. The Labute approximate surface area is 212 Å². The molecule has 0 bridgehead atoms. The van der Waals surface area contributed by atoms with Crippen LogP contribution in [0, 0.1) is 37.3 Å². The number of aliphatic hydroxyl groups excluding tert-OH is 1. The summed E-state index contributed by atoms with van der Waals surface area (Å²) in [7, 11) is 0. The number of hydrogen-bond donors (Lipinski definition) is 1. The van der Waals surface area contributed by atoms with Gasteiger partial charge < -0.3 is 5.11 Å². The van der Waals surface area contributed by atoms with E-state index in [4.69, 9.17) is 11.6 Å². The first-order valence-corrected chi connectivity index (χ1v) is 10.8. The average Bonchev–Trinajstić information content (AvgIpc) is 3.34. The van der Waals surface area contributed by atoms with Gasteiger partial charge in [-0.3, -0.25) is 30.3 Å². The lowest BCUT2D eigenvalue weighted by atomic mass is 10.0.